The highest BCUT2D eigenvalue weighted by molar-refractivity contribution is 7.47. The molecular weight excluding hydrogens is 924 g/mol. The van der Waals surface area contributed by atoms with Crippen molar-refractivity contribution >= 4 is 19.8 Å². The molecule has 0 spiro atoms. The van der Waals surface area contributed by atoms with Crippen LogP contribution in [0.15, 0.2) is 60.8 Å². The number of phosphoric ester groups is 1. The van der Waals surface area contributed by atoms with Crippen molar-refractivity contribution in [3.63, 3.8) is 0 Å². The number of esters is 2. The summed E-state index contributed by atoms with van der Waals surface area (Å²) in [5.41, 5.74) is 0. The molecule has 0 aliphatic heterocycles. The maximum atomic E-state index is 12.9. The van der Waals surface area contributed by atoms with E-state index in [2.05, 4.69) is 74.6 Å². The molecule has 6 N–H and O–H groups in total. The summed E-state index contributed by atoms with van der Waals surface area (Å²) >= 11 is 0. The highest BCUT2D eigenvalue weighted by Gasteiger charge is 2.51. The van der Waals surface area contributed by atoms with Gasteiger partial charge < -0.3 is 39.9 Å². The van der Waals surface area contributed by atoms with Crippen molar-refractivity contribution in [3.8, 4) is 0 Å². The predicted molar refractivity (Wildman–Crippen MR) is 286 cm³/mol. The SMILES string of the molecule is CC/C=C\C/C=C\C/C=C\C/C=C\CCCCCCCCC(=O)OC(COC(=O)CCCCCCCCCCCCC/C=C\CCCCCCCCCC)COP(=O)(O)OC1C(O)C(O)C(O)C(O)C1O. The molecule has 13 nitrogen and oxygen atoms in total. The van der Waals surface area contributed by atoms with E-state index in [9.17, 15) is 44.6 Å². The van der Waals surface area contributed by atoms with Gasteiger partial charge in [-0.15, -0.1) is 0 Å². The van der Waals surface area contributed by atoms with Gasteiger partial charge in [-0.25, -0.2) is 4.57 Å². The van der Waals surface area contributed by atoms with Crippen molar-refractivity contribution in [2.75, 3.05) is 13.2 Å². The fourth-order valence-corrected chi connectivity index (χ4v) is 9.37. The van der Waals surface area contributed by atoms with Crippen LogP contribution in [0.3, 0.4) is 0 Å². The maximum Gasteiger partial charge on any atom is 0.472 e. The summed E-state index contributed by atoms with van der Waals surface area (Å²) in [4.78, 5) is 35.9. The van der Waals surface area contributed by atoms with Crippen molar-refractivity contribution < 1.29 is 63.1 Å². The second-order valence-corrected chi connectivity index (χ2v) is 20.8. The first kappa shape index (κ1) is 66.6. The van der Waals surface area contributed by atoms with Crippen LogP contribution in [0.5, 0.6) is 0 Å². The van der Waals surface area contributed by atoms with Gasteiger partial charge in [-0.3, -0.25) is 18.6 Å². The van der Waals surface area contributed by atoms with Crippen LogP contribution >= 0.6 is 7.82 Å². The van der Waals surface area contributed by atoms with Crippen molar-refractivity contribution in [3.05, 3.63) is 60.8 Å². The van der Waals surface area contributed by atoms with Crippen LogP contribution in [0.2, 0.25) is 0 Å². The Morgan fingerprint density at radius 2 is 0.803 bits per heavy atom. The van der Waals surface area contributed by atoms with Gasteiger partial charge in [0.05, 0.1) is 6.61 Å². The third-order valence-corrected chi connectivity index (χ3v) is 13.8. The molecule has 0 bridgehead atoms. The lowest BCUT2D eigenvalue weighted by atomic mass is 9.85. The Labute approximate surface area is 430 Å². The van der Waals surface area contributed by atoms with E-state index in [4.69, 9.17) is 18.5 Å². The molecule has 6 atom stereocenters. The van der Waals surface area contributed by atoms with E-state index >= 15 is 0 Å². The maximum absolute atomic E-state index is 12.9. The van der Waals surface area contributed by atoms with E-state index < -0.39 is 75.7 Å². The zero-order valence-electron chi connectivity index (χ0n) is 44.3. The van der Waals surface area contributed by atoms with Gasteiger partial charge in [0.2, 0.25) is 0 Å². The molecule has 0 heterocycles. The lowest BCUT2D eigenvalue weighted by Crippen LogP contribution is -2.64. The highest BCUT2D eigenvalue weighted by Crippen LogP contribution is 2.47. The van der Waals surface area contributed by atoms with Gasteiger partial charge in [-0.05, 0) is 77.0 Å². The van der Waals surface area contributed by atoms with Gasteiger partial charge in [-0.1, -0.05) is 203 Å². The second kappa shape index (κ2) is 46.1. The van der Waals surface area contributed by atoms with E-state index in [0.29, 0.717) is 12.8 Å². The normalized spacial score (nSPS) is 21.1. The van der Waals surface area contributed by atoms with Crippen LogP contribution in [0.4, 0.5) is 0 Å². The number of phosphoric acid groups is 1. The molecule has 0 saturated heterocycles. The fraction of sp³-hybridized carbons (Fsp3) is 0.789. The number of carbonyl (C=O) groups excluding carboxylic acids is 2. The summed E-state index contributed by atoms with van der Waals surface area (Å²) < 4.78 is 33.7. The number of hydrogen-bond donors (Lipinski definition) is 6. The molecule has 0 aromatic rings. The van der Waals surface area contributed by atoms with Crippen LogP contribution < -0.4 is 0 Å². The number of hydrogen-bond acceptors (Lipinski definition) is 12. The Balaban J connectivity index is 2.35. The molecule has 0 aromatic carbocycles. The van der Waals surface area contributed by atoms with Crippen LogP contribution in [0, 0.1) is 0 Å². The Kier molecular flexibility index (Phi) is 43.2. The smallest absolute Gasteiger partial charge is 0.462 e. The van der Waals surface area contributed by atoms with Crippen molar-refractivity contribution in [1.82, 2.24) is 0 Å². The lowest BCUT2D eigenvalue weighted by Gasteiger charge is -2.41. The van der Waals surface area contributed by atoms with Crippen LogP contribution in [-0.2, 0) is 32.7 Å². The molecule has 1 aliphatic rings. The van der Waals surface area contributed by atoms with Gasteiger partial charge in [0, 0.05) is 12.8 Å². The number of unbranched alkanes of at least 4 members (excludes halogenated alkanes) is 25. The molecule has 0 aromatic heterocycles. The van der Waals surface area contributed by atoms with Crippen LogP contribution in [0.1, 0.15) is 232 Å². The van der Waals surface area contributed by atoms with Gasteiger partial charge in [0.25, 0.3) is 0 Å². The summed E-state index contributed by atoms with van der Waals surface area (Å²) in [6, 6.07) is 0. The molecule has 14 heteroatoms. The first-order chi connectivity index (χ1) is 34.4. The zero-order valence-corrected chi connectivity index (χ0v) is 45.2. The third-order valence-electron chi connectivity index (χ3n) is 12.8. The molecular formula is C57H101O13P. The van der Waals surface area contributed by atoms with Gasteiger partial charge in [0.15, 0.2) is 6.10 Å². The molecule has 1 aliphatic carbocycles. The van der Waals surface area contributed by atoms with E-state index in [1.165, 1.54) is 109 Å². The second-order valence-electron chi connectivity index (χ2n) is 19.4. The highest BCUT2D eigenvalue weighted by atomic mass is 31.2. The molecule has 0 amide bonds. The van der Waals surface area contributed by atoms with Crippen LogP contribution in [0.25, 0.3) is 0 Å². The summed E-state index contributed by atoms with van der Waals surface area (Å²) in [5.74, 6) is -1.11. The minimum atomic E-state index is -5.13. The summed E-state index contributed by atoms with van der Waals surface area (Å²) in [5, 5.41) is 50.4. The van der Waals surface area contributed by atoms with Crippen molar-refractivity contribution in [1.29, 1.82) is 0 Å². The zero-order chi connectivity index (χ0) is 52.1. The number of ether oxygens (including phenoxy) is 2. The predicted octanol–water partition coefficient (Wildman–Crippen LogP) is 12.8. The van der Waals surface area contributed by atoms with Gasteiger partial charge in [-0.2, -0.15) is 0 Å². The average molecular weight is 1030 g/mol. The average Bonchev–Trinajstić information content (AvgIpc) is 3.35. The molecule has 412 valence electrons. The number of rotatable bonds is 47. The standard InChI is InChI=1S/C57H101O13P/c1-3-5-7-9-11-13-15-17-19-21-23-24-25-26-28-29-31-33-35-37-39-41-43-45-50(58)67-47-49(48-68-71(65,66)70-57-55(63)53(61)52(60)54(62)56(57)64)69-51(59)46-44-42-40-38-36-34-32-30-27-22-20-18-16-14-12-10-8-6-4-2/h6,8,12,14,18,20-21,23,27,30,49,52-57,60-64H,3-5,7,9-11,13,15-17,19,22,24-26,28-29,31-48H2,1-2H3,(H,65,66)/b8-6-,14-12-,20-18-,23-21-,30-27-. The van der Waals surface area contributed by atoms with E-state index in [-0.39, 0.29) is 12.8 Å². The number of aliphatic hydroxyl groups excluding tert-OH is 5. The van der Waals surface area contributed by atoms with E-state index in [1.54, 1.807) is 0 Å². The first-order valence-electron chi connectivity index (χ1n) is 28.1. The minimum Gasteiger partial charge on any atom is -0.462 e. The Bertz CT molecular complexity index is 1470. The summed E-state index contributed by atoms with van der Waals surface area (Å²) in [7, 11) is -5.13. The first-order valence-corrected chi connectivity index (χ1v) is 29.6. The number of allylic oxidation sites excluding steroid dienone is 10. The molecule has 6 unspecified atom stereocenters. The van der Waals surface area contributed by atoms with Gasteiger partial charge >= 0.3 is 19.8 Å². The van der Waals surface area contributed by atoms with E-state index in [0.717, 1.165) is 83.5 Å². The molecule has 1 saturated carbocycles. The van der Waals surface area contributed by atoms with Crippen molar-refractivity contribution in [2.45, 2.75) is 275 Å². The molecule has 0 radical (unpaired) electrons. The van der Waals surface area contributed by atoms with Gasteiger partial charge in [0.1, 0.15) is 43.2 Å². The van der Waals surface area contributed by atoms with Crippen LogP contribution in [-0.4, -0.2) is 98.3 Å². The number of carbonyl (C=O) groups is 2. The molecule has 1 fully saturated rings. The monoisotopic (exact) mass is 1020 g/mol. The fourth-order valence-electron chi connectivity index (χ4n) is 8.39. The summed E-state index contributed by atoms with van der Waals surface area (Å²) in [6.07, 6.45) is 45.5. The Hall–Kier alpha value is -2.45. The third kappa shape index (κ3) is 37.9. The quantitative estimate of drug-likeness (QED) is 0.0145. The largest absolute Gasteiger partial charge is 0.472 e. The Morgan fingerprint density at radius 1 is 0.451 bits per heavy atom. The summed E-state index contributed by atoms with van der Waals surface area (Å²) in [6.45, 7) is 3.21. The molecule has 71 heavy (non-hydrogen) atoms. The lowest BCUT2D eigenvalue weighted by molar-refractivity contribution is -0.220. The van der Waals surface area contributed by atoms with E-state index in [1.807, 2.05) is 0 Å². The Morgan fingerprint density at radius 3 is 1.24 bits per heavy atom. The minimum absolute atomic E-state index is 0.0789. The topological polar surface area (TPSA) is 210 Å². The molecule has 1 rings (SSSR count). The number of aliphatic hydroxyl groups is 5. The van der Waals surface area contributed by atoms with Crippen molar-refractivity contribution in [2.24, 2.45) is 0 Å².